The smallest absolute Gasteiger partial charge is 0.374 e. The maximum absolute atomic E-state index is 11.6. The van der Waals surface area contributed by atoms with Crippen LogP contribution in [0.2, 0.25) is 0 Å². The molecule has 0 aromatic carbocycles. The second kappa shape index (κ2) is 7.61. The number of aryl methyl sites for hydroxylation is 1. The number of carbonyl (C=O) groups is 1. The summed E-state index contributed by atoms with van der Waals surface area (Å²) in [7, 11) is 1.36. The van der Waals surface area contributed by atoms with Crippen LogP contribution in [0.1, 0.15) is 49.1 Å². The second-order valence-corrected chi connectivity index (χ2v) is 6.30. The van der Waals surface area contributed by atoms with E-state index in [-0.39, 0.29) is 5.41 Å². The summed E-state index contributed by atoms with van der Waals surface area (Å²) in [6.07, 6.45) is 1.06. The first-order chi connectivity index (χ1) is 9.82. The lowest BCUT2D eigenvalue weighted by Crippen LogP contribution is -2.38. The zero-order chi connectivity index (χ0) is 16.0. The lowest BCUT2D eigenvalue weighted by atomic mass is 9.93. The van der Waals surface area contributed by atoms with Gasteiger partial charge in [-0.25, -0.2) is 4.79 Å². The van der Waals surface area contributed by atoms with Gasteiger partial charge < -0.3 is 14.9 Å². The van der Waals surface area contributed by atoms with Crippen molar-refractivity contribution in [1.82, 2.24) is 4.90 Å². The first kappa shape index (κ1) is 17.7. The summed E-state index contributed by atoms with van der Waals surface area (Å²) in [5.74, 6) is 0.652. The molecule has 0 spiro atoms. The zero-order valence-corrected chi connectivity index (χ0v) is 13.9. The van der Waals surface area contributed by atoms with Crippen LogP contribution in [0.25, 0.3) is 0 Å². The third kappa shape index (κ3) is 5.17. The molecule has 0 aliphatic carbocycles. The molecular weight excluding hydrogens is 268 g/mol. The molecule has 0 aliphatic rings. The van der Waals surface area contributed by atoms with Gasteiger partial charge >= 0.3 is 5.97 Å². The molecule has 0 aliphatic heterocycles. The van der Waals surface area contributed by atoms with E-state index in [4.69, 9.17) is 14.9 Å². The van der Waals surface area contributed by atoms with Gasteiger partial charge in [-0.3, -0.25) is 4.90 Å². The molecule has 1 aromatic heterocycles. The van der Waals surface area contributed by atoms with E-state index < -0.39 is 5.97 Å². The van der Waals surface area contributed by atoms with Crippen molar-refractivity contribution in [2.75, 3.05) is 26.7 Å². The molecule has 0 unspecified atom stereocenters. The van der Waals surface area contributed by atoms with E-state index in [0.717, 1.165) is 30.8 Å². The molecule has 5 heteroatoms. The van der Waals surface area contributed by atoms with Gasteiger partial charge in [-0.05, 0) is 37.9 Å². The van der Waals surface area contributed by atoms with E-state index in [0.29, 0.717) is 18.8 Å². The first-order valence-electron chi connectivity index (χ1n) is 7.43. The average molecular weight is 296 g/mol. The van der Waals surface area contributed by atoms with Crippen molar-refractivity contribution in [3.63, 3.8) is 0 Å². The van der Waals surface area contributed by atoms with Crippen molar-refractivity contribution in [2.24, 2.45) is 11.1 Å². The number of nitrogens with two attached hydrogens (primary N) is 1. The number of furan rings is 1. The minimum atomic E-state index is -0.428. The van der Waals surface area contributed by atoms with E-state index in [1.54, 1.807) is 0 Å². The fourth-order valence-corrected chi connectivity index (χ4v) is 2.34. The fraction of sp³-hybridized carbons (Fsp3) is 0.688. The van der Waals surface area contributed by atoms with Gasteiger partial charge in [0.2, 0.25) is 5.76 Å². The van der Waals surface area contributed by atoms with Crippen LogP contribution < -0.4 is 5.73 Å². The number of rotatable bonds is 8. The molecule has 120 valence electrons. The van der Waals surface area contributed by atoms with Crippen molar-refractivity contribution in [3.05, 3.63) is 23.2 Å². The highest BCUT2D eigenvalue weighted by molar-refractivity contribution is 5.87. The Morgan fingerprint density at radius 1 is 1.48 bits per heavy atom. The first-order valence-corrected chi connectivity index (χ1v) is 7.43. The number of esters is 1. The van der Waals surface area contributed by atoms with E-state index >= 15 is 0 Å². The van der Waals surface area contributed by atoms with Crippen LogP contribution >= 0.6 is 0 Å². The molecule has 5 nitrogen and oxygen atoms in total. The van der Waals surface area contributed by atoms with Crippen LogP contribution in [0.5, 0.6) is 0 Å². The Kier molecular flexibility index (Phi) is 6.42. The topological polar surface area (TPSA) is 68.7 Å². The van der Waals surface area contributed by atoms with Gasteiger partial charge in [-0.1, -0.05) is 20.8 Å². The zero-order valence-electron chi connectivity index (χ0n) is 13.9. The van der Waals surface area contributed by atoms with Crippen molar-refractivity contribution in [2.45, 2.75) is 40.7 Å². The normalized spacial score (nSPS) is 12.0. The summed E-state index contributed by atoms with van der Waals surface area (Å²) in [4.78, 5) is 13.9. The lowest BCUT2D eigenvalue weighted by Gasteiger charge is -2.31. The molecule has 0 fully saturated rings. The van der Waals surface area contributed by atoms with Crippen LogP contribution in [0.3, 0.4) is 0 Å². The Morgan fingerprint density at radius 3 is 2.67 bits per heavy atom. The van der Waals surface area contributed by atoms with Crippen LogP contribution in [0.15, 0.2) is 10.5 Å². The Morgan fingerprint density at radius 2 is 2.14 bits per heavy atom. The Labute approximate surface area is 127 Å². The highest BCUT2D eigenvalue weighted by atomic mass is 16.5. The third-order valence-electron chi connectivity index (χ3n) is 3.46. The van der Waals surface area contributed by atoms with Gasteiger partial charge in [0.05, 0.1) is 13.7 Å². The molecule has 21 heavy (non-hydrogen) atoms. The predicted octanol–water partition coefficient (Wildman–Crippen LogP) is 2.57. The van der Waals surface area contributed by atoms with Gasteiger partial charge in [0.15, 0.2) is 0 Å². The predicted molar refractivity (Wildman–Crippen MR) is 83.2 cm³/mol. The van der Waals surface area contributed by atoms with Crippen LogP contribution in [-0.2, 0) is 11.3 Å². The third-order valence-corrected chi connectivity index (χ3v) is 3.46. The van der Waals surface area contributed by atoms with Crippen LogP contribution in [0, 0.1) is 12.3 Å². The molecule has 0 saturated heterocycles. The lowest BCUT2D eigenvalue weighted by molar-refractivity contribution is 0.0559. The van der Waals surface area contributed by atoms with E-state index in [1.807, 2.05) is 13.0 Å². The summed E-state index contributed by atoms with van der Waals surface area (Å²) in [6, 6.07) is 1.91. The van der Waals surface area contributed by atoms with Crippen molar-refractivity contribution < 1.29 is 13.9 Å². The molecule has 0 atom stereocenters. The Hall–Kier alpha value is -1.33. The average Bonchev–Trinajstić information content (AvgIpc) is 2.78. The fourth-order valence-electron chi connectivity index (χ4n) is 2.34. The minimum Gasteiger partial charge on any atom is -0.463 e. The Balaban J connectivity index is 2.82. The second-order valence-electron chi connectivity index (χ2n) is 6.30. The molecule has 1 heterocycles. The summed E-state index contributed by atoms with van der Waals surface area (Å²) < 4.78 is 10.4. The van der Waals surface area contributed by atoms with Crippen molar-refractivity contribution in [3.8, 4) is 0 Å². The number of hydrogen-bond acceptors (Lipinski definition) is 5. The van der Waals surface area contributed by atoms with Gasteiger partial charge in [-0.2, -0.15) is 0 Å². The molecular formula is C16H28N2O3. The van der Waals surface area contributed by atoms with E-state index in [1.165, 1.54) is 7.11 Å². The summed E-state index contributed by atoms with van der Waals surface area (Å²) in [6.45, 7) is 11.5. The minimum absolute atomic E-state index is 0.0575. The van der Waals surface area contributed by atoms with E-state index in [2.05, 4.69) is 25.7 Å². The standard InChI is InChI=1S/C16H28N2O3/c1-6-7-18(11-16(3,4)10-17)9-13-8-12(2)14(21-13)15(19)20-5/h8H,6-7,9-11,17H2,1-5H3. The van der Waals surface area contributed by atoms with Gasteiger partial charge in [0.25, 0.3) is 0 Å². The molecule has 1 aromatic rings. The van der Waals surface area contributed by atoms with Crippen LogP contribution in [-0.4, -0.2) is 37.6 Å². The maximum Gasteiger partial charge on any atom is 0.374 e. The summed E-state index contributed by atoms with van der Waals surface area (Å²) in [5.41, 5.74) is 6.69. The Bertz CT molecular complexity index is 466. The van der Waals surface area contributed by atoms with Crippen LogP contribution in [0.4, 0.5) is 0 Å². The molecule has 0 bridgehead atoms. The largest absolute Gasteiger partial charge is 0.463 e. The molecule has 0 saturated carbocycles. The van der Waals surface area contributed by atoms with Crippen molar-refractivity contribution in [1.29, 1.82) is 0 Å². The summed E-state index contributed by atoms with van der Waals surface area (Å²) >= 11 is 0. The number of hydrogen-bond donors (Lipinski definition) is 1. The van der Waals surface area contributed by atoms with E-state index in [9.17, 15) is 4.79 Å². The van der Waals surface area contributed by atoms with Gasteiger partial charge in [-0.15, -0.1) is 0 Å². The maximum atomic E-state index is 11.6. The highest BCUT2D eigenvalue weighted by Crippen LogP contribution is 2.20. The number of nitrogens with zero attached hydrogens (tertiary/aromatic N) is 1. The van der Waals surface area contributed by atoms with Gasteiger partial charge in [0, 0.05) is 12.1 Å². The number of carbonyl (C=O) groups excluding carboxylic acids is 1. The molecule has 1 rings (SSSR count). The summed E-state index contributed by atoms with van der Waals surface area (Å²) in [5, 5.41) is 0. The molecule has 0 radical (unpaired) electrons. The molecule has 0 amide bonds. The number of ether oxygens (including phenoxy) is 1. The molecule has 2 N–H and O–H groups in total. The number of methoxy groups -OCH3 is 1. The highest BCUT2D eigenvalue weighted by Gasteiger charge is 2.22. The van der Waals surface area contributed by atoms with Gasteiger partial charge in [0.1, 0.15) is 5.76 Å². The SMILES string of the molecule is CCCN(Cc1cc(C)c(C(=O)OC)o1)CC(C)(C)CN. The van der Waals surface area contributed by atoms with Crippen molar-refractivity contribution >= 4 is 5.97 Å². The quantitative estimate of drug-likeness (QED) is 0.747. The monoisotopic (exact) mass is 296 g/mol.